The van der Waals surface area contributed by atoms with Crippen LogP contribution in [0.15, 0.2) is 63.4 Å². The fourth-order valence-corrected chi connectivity index (χ4v) is 5.41. The van der Waals surface area contributed by atoms with Gasteiger partial charge in [0.05, 0.1) is 17.7 Å². The van der Waals surface area contributed by atoms with Gasteiger partial charge in [-0.25, -0.2) is 8.42 Å². The van der Waals surface area contributed by atoms with Crippen molar-refractivity contribution in [3.63, 3.8) is 0 Å². The van der Waals surface area contributed by atoms with Crippen LogP contribution in [-0.4, -0.2) is 25.2 Å². The molecule has 0 atom stereocenters. The van der Waals surface area contributed by atoms with Crippen LogP contribution in [0.5, 0.6) is 0 Å². The highest BCUT2D eigenvalue weighted by atomic mass is 32.2. The minimum atomic E-state index is -3.66. The van der Waals surface area contributed by atoms with Gasteiger partial charge in [0.25, 0.3) is 5.91 Å². The Labute approximate surface area is 161 Å². The van der Waals surface area contributed by atoms with E-state index in [1.54, 1.807) is 35.6 Å². The van der Waals surface area contributed by atoms with Crippen molar-refractivity contribution >= 4 is 27.3 Å². The van der Waals surface area contributed by atoms with E-state index in [4.69, 9.17) is 4.42 Å². The topological polar surface area (TPSA) is 79.6 Å². The molecular formula is C19H18N2O4S2. The maximum atomic E-state index is 13.0. The second-order valence-electron chi connectivity index (χ2n) is 6.25. The standard InChI is InChI=1S/C19H18N2O4S2/c22-19(20-12-16-4-2-9-25-16)14-3-1-5-17(11-14)27(23,24)21-8-6-18-15(13-21)7-10-26-18/h1-5,7,9-11H,6,8,12-13H2,(H,20,22). The molecule has 4 rings (SSSR count). The zero-order valence-electron chi connectivity index (χ0n) is 14.4. The van der Waals surface area contributed by atoms with Crippen molar-refractivity contribution in [3.8, 4) is 0 Å². The highest BCUT2D eigenvalue weighted by Crippen LogP contribution is 2.28. The first-order chi connectivity index (χ1) is 13.0. The third-order valence-corrected chi connectivity index (χ3v) is 7.37. The number of fused-ring (bicyclic) bond motifs is 1. The molecule has 2 aromatic heterocycles. The number of rotatable bonds is 5. The highest BCUT2D eigenvalue weighted by molar-refractivity contribution is 7.89. The van der Waals surface area contributed by atoms with Crippen molar-refractivity contribution in [2.24, 2.45) is 0 Å². The van der Waals surface area contributed by atoms with Gasteiger partial charge in [0.15, 0.2) is 0 Å². The largest absolute Gasteiger partial charge is 0.467 e. The molecule has 0 saturated carbocycles. The summed E-state index contributed by atoms with van der Waals surface area (Å²) in [5, 5.41) is 4.72. The number of amides is 1. The number of sulfonamides is 1. The Kier molecular flexibility index (Phi) is 4.86. The van der Waals surface area contributed by atoms with Gasteiger partial charge < -0.3 is 9.73 Å². The molecule has 8 heteroatoms. The summed E-state index contributed by atoms with van der Waals surface area (Å²) >= 11 is 1.66. The summed E-state index contributed by atoms with van der Waals surface area (Å²) < 4.78 is 32.7. The molecule has 0 unspecified atom stereocenters. The third kappa shape index (κ3) is 3.69. The van der Waals surface area contributed by atoms with Crippen molar-refractivity contribution in [2.75, 3.05) is 6.54 Å². The summed E-state index contributed by atoms with van der Waals surface area (Å²) in [6.07, 6.45) is 2.25. The molecule has 1 amide bonds. The molecular weight excluding hydrogens is 384 g/mol. The lowest BCUT2D eigenvalue weighted by atomic mass is 10.1. The molecule has 1 aliphatic heterocycles. The predicted molar refractivity (Wildman–Crippen MR) is 102 cm³/mol. The second-order valence-corrected chi connectivity index (χ2v) is 9.19. The zero-order chi connectivity index (χ0) is 18.9. The van der Waals surface area contributed by atoms with Gasteiger partial charge in [0.2, 0.25) is 10.0 Å². The Morgan fingerprint density at radius 1 is 1.22 bits per heavy atom. The van der Waals surface area contributed by atoms with Crippen LogP contribution in [0.1, 0.15) is 26.6 Å². The third-order valence-electron chi connectivity index (χ3n) is 4.51. The summed E-state index contributed by atoms with van der Waals surface area (Å²) in [6.45, 7) is 1.07. The number of nitrogens with zero attached hydrogens (tertiary/aromatic N) is 1. The number of furan rings is 1. The van der Waals surface area contributed by atoms with Crippen molar-refractivity contribution in [1.82, 2.24) is 9.62 Å². The van der Waals surface area contributed by atoms with Gasteiger partial charge in [-0.2, -0.15) is 4.31 Å². The van der Waals surface area contributed by atoms with E-state index in [1.165, 1.54) is 27.6 Å². The molecule has 3 heterocycles. The number of hydrogen-bond acceptors (Lipinski definition) is 5. The fraction of sp³-hybridized carbons (Fsp3) is 0.211. The molecule has 0 bridgehead atoms. The first-order valence-corrected chi connectivity index (χ1v) is 10.8. The molecule has 0 aliphatic carbocycles. The predicted octanol–water partition coefficient (Wildman–Crippen LogP) is 3.02. The number of carbonyl (C=O) groups is 1. The minimum absolute atomic E-state index is 0.131. The normalized spacial score (nSPS) is 14.7. The van der Waals surface area contributed by atoms with Gasteiger partial charge in [0.1, 0.15) is 5.76 Å². The van der Waals surface area contributed by atoms with Crippen LogP contribution >= 0.6 is 11.3 Å². The highest BCUT2D eigenvalue weighted by Gasteiger charge is 2.29. The number of carbonyl (C=O) groups excluding carboxylic acids is 1. The van der Waals surface area contributed by atoms with Crippen LogP contribution < -0.4 is 5.32 Å². The average molecular weight is 402 g/mol. The lowest BCUT2D eigenvalue weighted by molar-refractivity contribution is 0.0948. The fourth-order valence-electron chi connectivity index (χ4n) is 3.06. The van der Waals surface area contributed by atoms with E-state index in [2.05, 4.69) is 5.32 Å². The van der Waals surface area contributed by atoms with Gasteiger partial charge in [-0.05, 0) is 53.8 Å². The molecule has 140 valence electrons. The zero-order valence-corrected chi connectivity index (χ0v) is 16.1. The molecule has 0 saturated heterocycles. The van der Waals surface area contributed by atoms with E-state index in [0.717, 1.165) is 12.0 Å². The van der Waals surface area contributed by atoms with Crippen molar-refractivity contribution in [3.05, 3.63) is 75.9 Å². The number of benzene rings is 1. The van der Waals surface area contributed by atoms with E-state index in [0.29, 0.717) is 24.4 Å². The van der Waals surface area contributed by atoms with Gasteiger partial charge in [-0.3, -0.25) is 4.79 Å². The van der Waals surface area contributed by atoms with Crippen molar-refractivity contribution in [1.29, 1.82) is 0 Å². The maximum Gasteiger partial charge on any atom is 0.251 e. The number of nitrogens with one attached hydrogen (secondary N) is 1. The smallest absolute Gasteiger partial charge is 0.251 e. The second kappa shape index (κ2) is 7.30. The van der Waals surface area contributed by atoms with Crippen LogP contribution in [0.4, 0.5) is 0 Å². The maximum absolute atomic E-state index is 13.0. The first-order valence-electron chi connectivity index (χ1n) is 8.50. The monoisotopic (exact) mass is 402 g/mol. The van der Waals surface area contributed by atoms with Gasteiger partial charge in [-0.15, -0.1) is 11.3 Å². The van der Waals surface area contributed by atoms with Crippen LogP contribution in [0.25, 0.3) is 0 Å². The Bertz CT molecular complexity index is 1060. The van der Waals surface area contributed by atoms with E-state index in [9.17, 15) is 13.2 Å². The van der Waals surface area contributed by atoms with Crippen LogP contribution in [0, 0.1) is 0 Å². The molecule has 1 N–H and O–H groups in total. The summed E-state index contributed by atoms with van der Waals surface area (Å²) in [6, 6.07) is 11.6. The van der Waals surface area contributed by atoms with E-state index in [-0.39, 0.29) is 17.3 Å². The van der Waals surface area contributed by atoms with Crippen LogP contribution in [0.2, 0.25) is 0 Å². The summed E-state index contributed by atoms with van der Waals surface area (Å²) in [5.41, 5.74) is 1.36. The lowest BCUT2D eigenvalue weighted by Gasteiger charge is -2.26. The molecule has 1 aliphatic rings. The van der Waals surface area contributed by atoms with Crippen molar-refractivity contribution in [2.45, 2.75) is 24.4 Å². The minimum Gasteiger partial charge on any atom is -0.467 e. The summed E-state index contributed by atoms with van der Waals surface area (Å²) in [5.74, 6) is 0.286. The van der Waals surface area contributed by atoms with Gasteiger partial charge in [-0.1, -0.05) is 6.07 Å². The molecule has 3 aromatic rings. The van der Waals surface area contributed by atoms with Crippen LogP contribution in [-0.2, 0) is 29.5 Å². The molecule has 0 radical (unpaired) electrons. The molecule has 0 spiro atoms. The quantitative estimate of drug-likeness (QED) is 0.711. The average Bonchev–Trinajstić information content (AvgIpc) is 3.37. The summed E-state index contributed by atoms with van der Waals surface area (Å²) in [7, 11) is -3.66. The van der Waals surface area contributed by atoms with Crippen LogP contribution in [0.3, 0.4) is 0 Å². The Balaban J connectivity index is 1.52. The molecule has 1 aromatic carbocycles. The van der Waals surface area contributed by atoms with Gasteiger partial charge >= 0.3 is 0 Å². The molecule has 6 nitrogen and oxygen atoms in total. The Morgan fingerprint density at radius 2 is 2.11 bits per heavy atom. The number of hydrogen-bond donors (Lipinski definition) is 1. The van der Waals surface area contributed by atoms with Gasteiger partial charge in [0, 0.05) is 23.5 Å². The first kappa shape index (κ1) is 18.0. The number of thiophene rings is 1. The summed E-state index contributed by atoms with van der Waals surface area (Å²) in [4.78, 5) is 13.7. The molecule has 0 fully saturated rings. The van der Waals surface area contributed by atoms with E-state index >= 15 is 0 Å². The lowest BCUT2D eigenvalue weighted by Crippen LogP contribution is -2.35. The SMILES string of the molecule is O=C(NCc1ccco1)c1cccc(S(=O)(=O)N2CCc3sccc3C2)c1. The van der Waals surface area contributed by atoms with E-state index in [1.807, 2.05) is 11.4 Å². The van der Waals surface area contributed by atoms with E-state index < -0.39 is 10.0 Å². The Hall–Kier alpha value is -2.42. The molecule has 27 heavy (non-hydrogen) atoms. The Morgan fingerprint density at radius 3 is 2.93 bits per heavy atom. The van der Waals surface area contributed by atoms with Crippen molar-refractivity contribution < 1.29 is 17.6 Å².